The van der Waals surface area contributed by atoms with Crippen molar-refractivity contribution in [1.82, 2.24) is 10.2 Å². The van der Waals surface area contributed by atoms with Gasteiger partial charge in [0.1, 0.15) is 0 Å². The van der Waals surface area contributed by atoms with Crippen LogP contribution in [0.1, 0.15) is 57.2 Å². The van der Waals surface area contributed by atoms with E-state index < -0.39 is 0 Å². The first-order chi connectivity index (χ1) is 9.86. The fourth-order valence-electron chi connectivity index (χ4n) is 2.92. The van der Waals surface area contributed by atoms with E-state index in [1.54, 1.807) is 0 Å². The van der Waals surface area contributed by atoms with Gasteiger partial charge in [-0.1, -0.05) is 20.8 Å². The summed E-state index contributed by atoms with van der Waals surface area (Å²) in [5.74, 6) is 0.871. The molecule has 1 aliphatic rings. The van der Waals surface area contributed by atoms with E-state index in [9.17, 15) is 0 Å². The monoisotopic (exact) mass is 308 g/mol. The lowest BCUT2D eigenvalue weighted by atomic mass is 9.95. The molecule has 0 radical (unpaired) electrons. The minimum atomic E-state index is 0.278. The first-order valence-electron chi connectivity index (χ1n) is 8.40. The first-order valence-corrected chi connectivity index (χ1v) is 9.22. The molecule has 0 unspecified atom stereocenters. The summed E-state index contributed by atoms with van der Waals surface area (Å²) in [6.45, 7) is 16.3. The summed E-state index contributed by atoms with van der Waals surface area (Å²) in [6.07, 6.45) is 2.67. The maximum Gasteiger partial charge on any atom is 0.0330 e. The maximum absolute atomic E-state index is 3.47. The third kappa shape index (κ3) is 5.08. The van der Waals surface area contributed by atoms with Crippen molar-refractivity contribution in [3.8, 4) is 0 Å². The SMILES string of the molecule is CC(C)N(Cc1ccc(C(C)(C)C)s1)CC1CCNCC1. The molecular formula is C18H32N2S. The van der Waals surface area contributed by atoms with Crippen molar-refractivity contribution in [2.75, 3.05) is 19.6 Å². The highest BCUT2D eigenvalue weighted by atomic mass is 32.1. The Hall–Kier alpha value is -0.380. The van der Waals surface area contributed by atoms with Gasteiger partial charge in [0.2, 0.25) is 0 Å². The zero-order valence-electron chi connectivity index (χ0n) is 14.4. The van der Waals surface area contributed by atoms with E-state index in [2.05, 4.69) is 57.0 Å². The average molecular weight is 309 g/mol. The van der Waals surface area contributed by atoms with E-state index in [-0.39, 0.29) is 5.41 Å². The Morgan fingerprint density at radius 2 is 1.90 bits per heavy atom. The van der Waals surface area contributed by atoms with Crippen LogP contribution >= 0.6 is 11.3 Å². The van der Waals surface area contributed by atoms with E-state index in [1.165, 1.54) is 42.2 Å². The molecule has 120 valence electrons. The van der Waals surface area contributed by atoms with E-state index in [0.29, 0.717) is 6.04 Å². The van der Waals surface area contributed by atoms with Crippen LogP contribution in [0.25, 0.3) is 0 Å². The number of hydrogen-bond acceptors (Lipinski definition) is 3. The van der Waals surface area contributed by atoms with Crippen molar-refractivity contribution in [1.29, 1.82) is 0 Å². The molecule has 2 nitrogen and oxygen atoms in total. The zero-order chi connectivity index (χ0) is 15.5. The van der Waals surface area contributed by atoms with Crippen molar-refractivity contribution in [2.24, 2.45) is 5.92 Å². The summed E-state index contributed by atoms with van der Waals surface area (Å²) in [4.78, 5) is 5.68. The molecule has 2 rings (SSSR count). The van der Waals surface area contributed by atoms with Gasteiger partial charge in [-0.25, -0.2) is 0 Å². The molecular weight excluding hydrogens is 276 g/mol. The van der Waals surface area contributed by atoms with Gasteiger partial charge in [0.15, 0.2) is 0 Å². The predicted molar refractivity (Wildman–Crippen MR) is 94.2 cm³/mol. The predicted octanol–water partition coefficient (Wildman–Crippen LogP) is 4.26. The summed E-state index contributed by atoms with van der Waals surface area (Å²) in [7, 11) is 0. The Morgan fingerprint density at radius 3 is 2.43 bits per heavy atom. The molecule has 1 N–H and O–H groups in total. The Balaban J connectivity index is 1.97. The minimum Gasteiger partial charge on any atom is -0.317 e. The Labute approximate surface area is 134 Å². The summed E-state index contributed by atoms with van der Waals surface area (Å²) in [5.41, 5.74) is 0.278. The van der Waals surface area contributed by atoms with Gasteiger partial charge in [-0.2, -0.15) is 0 Å². The van der Waals surface area contributed by atoms with Gasteiger partial charge >= 0.3 is 0 Å². The number of hydrogen-bond donors (Lipinski definition) is 1. The second kappa shape index (κ2) is 7.26. The normalized spacial score (nSPS) is 17.9. The van der Waals surface area contributed by atoms with Crippen LogP contribution < -0.4 is 5.32 Å². The first kappa shape index (κ1) is 17.0. The number of thiophene rings is 1. The van der Waals surface area contributed by atoms with Crippen molar-refractivity contribution in [2.45, 2.75) is 65.5 Å². The molecule has 0 amide bonds. The van der Waals surface area contributed by atoms with Crippen LogP contribution in [0, 0.1) is 5.92 Å². The van der Waals surface area contributed by atoms with Crippen LogP contribution in [-0.2, 0) is 12.0 Å². The Bertz CT molecular complexity index is 425. The van der Waals surface area contributed by atoms with Gasteiger partial charge in [-0.15, -0.1) is 11.3 Å². The third-order valence-corrected chi connectivity index (χ3v) is 5.94. The van der Waals surface area contributed by atoms with E-state index in [0.717, 1.165) is 12.5 Å². The van der Waals surface area contributed by atoms with Gasteiger partial charge in [0.05, 0.1) is 0 Å². The number of nitrogens with zero attached hydrogens (tertiary/aromatic N) is 1. The van der Waals surface area contributed by atoms with Gasteiger partial charge in [-0.3, -0.25) is 4.90 Å². The maximum atomic E-state index is 3.47. The van der Waals surface area contributed by atoms with Gasteiger partial charge < -0.3 is 5.32 Å². The summed E-state index contributed by atoms with van der Waals surface area (Å²) in [5, 5.41) is 3.47. The standard InChI is InChI=1S/C18H32N2S/c1-14(2)20(12-15-8-10-19-11-9-15)13-16-6-7-17(21-16)18(3,4)5/h6-7,14-15,19H,8-13H2,1-5H3. The molecule has 1 saturated heterocycles. The molecule has 0 aliphatic carbocycles. The topological polar surface area (TPSA) is 15.3 Å². The lowest BCUT2D eigenvalue weighted by molar-refractivity contribution is 0.163. The van der Waals surface area contributed by atoms with Gasteiger partial charge in [-0.05, 0) is 63.2 Å². The van der Waals surface area contributed by atoms with Crippen LogP contribution in [0.5, 0.6) is 0 Å². The summed E-state index contributed by atoms with van der Waals surface area (Å²) < 4.78 is 0. The fourth-order valence-corrected chi connectivity index (χ4v) is 4.01. The molecule has 0 bridgehead atoms. The summed E-state index contributed by atoms with van der Waals surface area (Å²) >= 11 is 1.99. The van der Waals surface area contributed by atoms with Gasteiger partial charge in [0.25, 0.3) is 0 Å². The molecule has 1 aromatic rings. The molecule has 0 aromatic carbocycles. The number of nitrogens with one attached hydrogen (secondary N) is 1. The minimum absolute atomic E-state index is 0.278. The van der Waals surface area contributed by atoms with Crippen molar-refractivity contribution in [3.05, 3.63) is 21.9 Å². The molecule has 1 fully saturated rings. The second-order valence-corrected chi connectivity index (χ2v) is 8.90. The molecule has 0 saturated carbocycles. The van der Waals surface area contributed by atoms with E-state index in [4.69, 9.17) is 0 Å². The third-order valence-electron chi connectivity index (χ3n) is 4.44. The van der Waals surface area contributed by atoms with Crippen molar-refractivity contribution < 1.29 is 0 Å². The smallest absolute Gasteiger partial charge is 0.0330 e. The number of rotatable bonds is 5. The average Bonchev–Trinajstić information content (AvgIpc) is 2.87. The van der Waals surface area contributed by atoms with Crippen LogP contribution in [0.4, 0.5) is 0 Å². The van der Waals surface area contributed by atoms with E-state index in [1.807, 2.05) is 11.3 Å². The fraction of sp³-hybridized carbons (Fsp3) is 0.778. The lowest BCUT2D eigenvalue weighted by Gasteiger charge is -2.32. The lowest BCUT2D eigenvalue weighted by Crippen LogP contribution is -2.38. The molecule has 2 heterocycles. The molecule has 0 atom stereocenters. The van der Waals surface area contributed by atoms with Crippen LogP contribution in [-0.4, -0.2) is 30.6 Å². The van der Waals surface area contributed by atoms with Crippen LogP contribution in [0.2, 0.25) is 0 Å². The zero-order valence-corrected chi connectivity index (χ0v) is 15.2. The largest absolute Gasteiger partial charge is 0.317 e. The van der Waals surface area contributed by atoms with Gasteiger partial charge in [0, 0.05) is 28.9 Å². The molecule has 21 heavy (non-hydrogen) atoms. The van der Waals surface area contributed by atoms with Crippen molar-refractivity contribution >= 4 is 11.3 Å². The second-order valence-electron chi connectivity index (χ2n) is 7.73. The molecule has 1 aromatic heterocycles. The van der Waals surface area contributed by atoms with Crippen LogP contribution in [0.3, 0.4) is 0 Å². The molecule has 3 heteroatoms. The Morgan fingerprint density at radius 1 is 1.24 bits per heavy atom. The molecule has 0 spiro atoms. The highest BCUT2D eigenvalue weighted by molar-refractivity contribution is 7.12. The number of piperidine rings is 1. The Kier molecular flexibility index (Phi) is 5.87. The van der Waals surface area contributed by atoms with E-state index >= 15 is 0 Å². The van der Waals surface area contributed by atoms with Crippen molar-refractivity contribution in [3.63, 3.8) is 0 Å². The molecule has 1 aliphatic heterocycles. The highest BCUT2D eigenvalue weighted by Gasteiger charge is 2.21. The highest BCUT2D eigenvalue weighted by Crippen LogP contribution is 2.30. The van der Waals surface area contributed by atoms with Crippen LogP contribution in [0.15, 0.2) is 12.1 Å². The quantitative estimate of drug-likeness (QED) is 0.874. The summed E-state index contributed by atoms with van der Waals surface area (Å²) in [6, 6.07) is 5.28.